The number of esters is 1. The van der Waals surface area contributed by atoms with Crippen LogP contribution in [0.3, 0.4) is 0 Å². The Balaban J connectivity index is 1.74. The van der Waals surface area contributed by atoms with Crippen LogP contribution in [0.4, 0.5) is 0 Å². The first kappa shape index (κ1) is 23.0. The average Bonchev–Trinajstić information content (AvgIpc) is 2.75. The number of unbranched alkanes of at least 4 members (excludes halogenated alkanes) is 7. The van der Waals surface area contributed by atoms with E-state index in [1.807, 2.05) is 36.4 Å². The van der Waals surface area contributed by atoms with Crippen molar-refractivity contribution in [3.63, 3.8) is 0 Å². The Morgan fingerprint density at radius 1 is 0.690 bits per heavy atom. The van der Waals surface area contributed by atoms with Crippen LogP contribution in [0, 0.1) is 0 Å². The highest BCUT2D eigenvalue weighted by Gasteiger charge is 2.09. The molecule has 0 heterocycles. The van der Waals surface area contributed by atoms with Gasteiger partial charge in [0.05, 0.1) is 12.2 Å². The van der Waals surface area contributed by atoms with Crippen LogP contribution in [0.2, 0.25) is 0 Å². The van der Waals surface area contributed by atoms with E-state index in [1.165, 1.54) is 56.9 Å². The topological polar surface area (TPSA) is 35.5 Å². The Hall–Kier alpha value is -2.29. The highest BCUT2D eigenvalue weighted by Crippen LogP contribution is 2.19. The summed E-state index contributed by atoms with van der Waals surface area (Å²) in [5.74, 6) is 1.01. The molecule has 158 valence electrons. The SMILES string of the molecule is CCCCCCCCc1ccc(C(=O)Oc2ccc(OCCCCC)cc2)cc1. The van der Waals surface area contributed by atoms with E-state index in [2.05, 4.69) is 13.8 Å². The zero-order valence-electron chi connectivity index (χ0n) is 18.1. The van der Waals surface area contributed by atoms with Crippen LogP contribution >= 0.6 is 0 Å². The largest absolute Gasteiger partial charge is 0.494 e. The summed E-state index contributed by atoms with van der Waals surface area (Å²) in [4.78, 5) is 12.4. The van der Waals surface area contributed by atoms with Gasteiger partial charge in [0, 0.05) is 0 Å². The van der Waals surface area contributed by atoms with Gasteiger partial charge in [0.2, 0.25) is 0 Å². The van der Waals surface area contributed by atoms with Gasteiger partial charge in [-0.15, -0.1) is 0 Å². The molecule has 2 rings (SSSR count). The third-order valence-corrected chi connectivity index (χ3v) is 5.06. The third kappa shape index (κ3) is 9.17. The van der Waals surface area contributed by atoms with Crippen molar-refractivity contribution < 1.29 is 14.3 Å². The van der Waals surface area contributed by atoms with Crippen molar-refractivity contribution in [3.8, 4) is 11.5 Å². The van der Waals surface area contributed by atoms with Gasteiger partial charge >= 0.3 is 5.97 Å². The molecular formula is C26H36O3. The first-order chi connectivity index (χ1) is 14.2. The molecule has 0 saturated carbocycles. The lowest BCUT2D eigenvalue weighted by molar-refractivity contribution is 0.0734. The molecule has 0 radical (unpaired) electrons. The van der Waals surface area contributed by atoms with Gasteiger partial charge < -0.3 is 9.47 Å². The molecule has 0 N–H and O–H groups in total. The minimum Gasteiger partial charge on any atom is -0.494 e. The zero-order chi connectivity index (χ0) is 20.7. The lowest BCUT2D eigenvalue weighted by atomic mass is 10.0. The number of rotatable bonds is 14. The summed E-state index contributed by atoms with van der Waals surface area (Å²) in [6.45, 7) is 5.13. The third-order valence-electron chi connectivity index (χ3n) is 5.06. The fourth-order valence-corrected chi connectivity index (χ4v) is 3.23. The predicted octanol–water partition coefficient (Wildman–Crippen LogP) is 7.38. The molecule has 2 aromatic carbocycles. The fraction of sp³-hybridized carbons (Fsp3) is 0.500. The second-order valence-electron chi connectivity index (χ2n) is 7.63. The van der Waals surface area contributed by atoms with Crippen LogP contribution in [0.1, 0.15) is 87.6 Å². The molecule has 0 unspecified atom stereocenters. The van der Waals surface area contributed by atoms with Crippen LogP contribution < -0.4 is 9.47 Å². The van der Waals surface area contributed by atoms with Crippen molar-refractivity contribution >= 4 is 5.97 Å². The molecule has 0 bridgehead atoms. The molecule has 0 aromatic heterocycles. The number of benzene rings is 2. The number of carbonyl (C=O) groups excluding carboxylic acids is 1. The predicted molar refractivity (Wildman–Crippen MR) is 120 cm³/mol. The maximum absolute atomic E-state index is 12.4. The summed E-state index contributed by atoms with van der Waals surface area (Å²) in [5.41, 5.74) is 1.86. The van der Waals surface area contributed by atoms with Crippen LogP contribution in [-0.2, 0) is 6.42 Å². The van der Waals surface area contributed by atoms with Gasteiger partial charge in [-0.1, -0.05) is 70.9 Å². The van der Waals surface area contributed by atoms with Crippen LogP contribution in [0.25, 0.3) is 0 Å². The number of hydrogen-bond acceptors (Lipinski definition) is 3. The quantitative estimate of drug-likeness (QED) is 0.190. The molecule has 29 heavy (non-hydrogen) atoms. The Bertz CT molecular complexity index is 689. The molecule has 0 atom stereocenters. The van der Waals surface area contributed by atoms with Crippen molar-refractivity contribution in [2.45, 2.75) is 78.1 Å². The van der Waals surface area contributed by atoms with Gasteiger partial charge in [0.15, 0.2) is 0 Å². The standard InChI is InChI=1S/C26H36O3/c1-3-5-7-8-9-10-12-22-13-15-23(16-14-22)26(27)29-25-19-17-24(18-20-25)28-21-11-6-4-2/h13-20H,3-12,21H2,1-2H3. The van der Waals surface area contributed by atoms with E-state index in [0.29, 0.717) is 11.3 Å². The molecule has 0 saturated heterocycles. The van der Waals surface area contributed by atoms with Crippen molar-refractivity contribution in [1.82, 2.24) is 0 Å². The lowest BCUT2D eigenvalue weighted by Crippen LogP contribution is -2.08. The van der Waals surface area contributed by atoms with Gasteiger partial charge in [0.25, 0.3) is 0 Å². The Morgan fingerprint density at radius 2 is 1.28 bits per heavy atom. The Labute approximate surface area is 176 Å². The molecule has 0 spiro atoms. The molecule has 0 aliphatic heterocycles. The Morgan fingerprint density at radius 3 is 1.97 bits per heavy atom. The van der Waals surface area contributed by atoms with Gasteiger partial charge in [0.1, 0.15) is 11.5 Å². The van der Waals surface area contributed by atoms with Crippen LogP contribution in [-0.4, -0.2) is 12.6 Å². The summed E-state index contributed by atoms with van der Waals surface area (Å²) in [6, 6.07) is 15.0. The highest BCUT2D eigenvalue weighted by molar-refractivity contribution is 5.91. The van der Waals surface area contributed by atoms with Gasteiger partial charge in [-0.05, 0) is 61.2 Å². The monoisotopic (exact) mass is 396 g/mol. The maximum atomic E-state index is 12.4. The minimum absolute atomic E-state index is 0.326. The normalized spacial score (nSPS) is 10.7. The highest BCUT2D eigenvalue weighted by atomic mass is 16.5. The van der Waals surface area contributed by atoms with E-state index in [9.17, 15) is 4.79 Å². The molecule has 3 nitrogen and oxygen atoms in total. The number of aryl methyl sites for hydroxylation is 1. The second-order valence-corrected chi connectivity index (χ2v) is 7.63. The molecule has 0 amide bonds. The first-order valence-corrected chi connectivity index (χ1v) is 11.3. The number of carbonyl (C=O) groups is 1. The molecule has 3 heteroatoms. The fourth-order valence-electron chi connectivity index (χ4n) is 3.23. The summed E-state index contributed by atoms with van der Waals surface area (Å²) in [5, 5.41) is 0. The zero-order valence-corrected chi connectivity index (χ0v) is 18.1. The van der Waals surface area contributed by atoms with E-state index in [1.54, 1.807) is 12.1 Å². The van der Waals surface area contributed by atoms with Crippen molar-refractivity contribution in [1.29, 1.82) is 0 Å². The van der Waals surface area contributed by atoms with E-state index in [4.69, 9.17) is 9.47 Å². The van der Waals surface area contributed by atoms with E-state index >= 15 is 0 Å². The molecule has 0 fully saturated rings. The average molecular weight is 397 g/mol. The Kier molecular flexibility index (Phi) is 11.0. The van der Waals surface area contributed by atoms with Gasteiger partial charge in [-0.3, -0.25) is 0 Å². The molecule has 2 aromatic rings. The number of hydrogen-bond donors (Lipinski definition) is 0. The van der Waals surface area contributed by atoms with Crippen molar-refractivity contribution in [3.05, 3.63) is 59.7 Å². The van der Waals surface area contributed by atoms with Crippen molar-refractivity contribution in [2.24, 2.45) is 0 Å². The summed E-state index contributed by atoms with van der Waals surface area (Å²) in [6.07, 6.45) is 12.3. The lowest BCUT2D eigenvalue weighted by Gasteiger charge is -2.08. The van der Waals surface area contributed by atoms with Crippen molar-refractivity contribution in [2.75, 3.05) is 6.61 Å². The summed E-state index contributed by atoms with van der Waals surface area (Å²) in [7, 11) is 0. The first-order valence-electron chi connectivity index (χ1n) is 11.3. The maximum Gasteiger partial charge on any atom is 0.343 e. The van der Waals surface area contributed by atoms with E-state index in [0.717, 1.165) is 25.2 Å². The molecule has 0 aliphatic rings. The smallest absolute Gasteiger partial charge is 0.343 e. The molecule has 0 aliphatic carbocycles. The summed E-state index contributed by atoms with van der Waals surface area (Å²) < 4.78 is 11.2. The van der Waals surface area contributed by atoms with E-state index < -0.39 is 0 Å². The minimum atomic E-state index is -0.326. The second kappa shape index (κ2) is 13.8. The summed E-state index contributed by atoms with van der Waals surface area (Å²) >= 11 is 0. The van der Waals surface area contributed by atoms with Gasteiger partial charge in [-0.25, -0.2) is 4.79 Å². The molecular weight excluding hydrogens is 360 g/mol. The van der Waals surface area contributed by atoms with E-state index in [-0.39, 0.29) is 5.97 Å². The van der Waals surface area contributed by atoms with Crippen LogP contribution in [0.5, 0.6) is 11.5 Å². The van der Waals surface area contributed by atoms with Crippen LogP contribution in [0.15, 0.2) is 48.5 Å². The number of ether oxygens (including phenoxy) is 2. The van der Waals surface area contributed by atoms with Gasteiger partial charge in [-0.2, -0.15) is 0 Å².